The summed E-state index contributed by atoms with van der Waals surface area (Å²) in [5, 5.41) is 0. The average molecular weight is 441 g/mol. The molecular weight excluding hydrogens is 384 g/mol. The van der Waals surface area contributed by atoms with Crippen LogP contribution < -0.4 is 0 Å². The van der Waals surface area contributed by atoms with Crippen LogP contribution in [-0.2, 0) is 0 Å². The molecule has 0 radical (unpaired) electrons. The van der Waals surface area contributed by atoms with E-state index in [1.165, 1.54) is 77.0 Å². The highest BCUT2D eigenvalue weighted by Gasteiger charge is 2.34. The first-order valence-corrected chi connectivity index (χ1v) is 15.4. The summed E-state index contributed by atoms with van der Waals surface area (Å²) < 4.78 is 0. The Balaban J connectivity index is 1.14. The number of allylic oxidation sites excluding steroid dienone is 2. The third-order valence-corrected chi connectivity index (χ3v) is 10.8. The fourth-order valence-electron chi connectivity index (χ4n) is 8.64. The predicted molar refractivity (Wildman–Crippen MR) is 141 cm³/mol. The molecule has 0 spiro atoms. The van der Waals surface area contributed by atoms with E-state index in [0.717, 1.165) is 47.3 Å². The van der Waals surface area contributed by atoms with Crippen molar-refractivity contribution in [1.82, 2.24) is 0 Å². The largest absolute Gasteiger partial charge is 0.0849 e. The standard InChI is InChI=1S/C32H56/c1-3-5-6-8-26-11-15-28(16-12-26)30-19-23-32(24-20-30)31-21-17-29(18-22-31)27-13-9-25(7-4-2)10-14-27/h17,21,25-32H,3-16,18-20,22-24H2,1-2H3. The van der Waals surface area contributed by atoms with Gasteiger partial charge < -0.3 is 0 Å². The Morgan fingerprint density at radius 3 is 1.34 bits per heavy atom. The lowest BCUT2D eigenvalue weighted by Gasteiger charge is -2.41. The van der Waals surface area contributed by atoms with Gasteiger partial charge >= 0.3 is 0 Å². The van der Waals surface area contributed by atoms with Gasteiger partial charge in [-0.2, -0.15) is 0 Å². The molecule has 4 rings (SSSR count). The van der Waals surface area contributed by atoms with E-state index in [1.807, 2.05) is 0 Å². The molecule has 3 fully saturated rings. The number of rotatable bonds is 9. The molecule has 0 saturated heterocycles. The predicted octanol–water partition coefficient (Wildman–Crippen LogP) is 10.4. The van der Waals surface area contributed by atoms with E-state index in [4.69, 9.17) is 0 Å². The van der Waals surface area contributed by atoms with Crippen molar-refractivity contribution in [3.05, 3.63) is 12.2 Å². The van der Waals surface area contributed by atoms with Crippen LogP contribution in [0.2, 0.25) is 0 Å². The molecule has 0 nitrogen and oxygen atoms in total. The topological polar surface area (TPSA) is 0 Å². The zero-order valence-electron chi connectivity index (χ0n) is 21.9. The van der Waals surface area contributed by atoms with Gasteiger partial charge in [-0.15, -0.1) is 0 Å². The second kappa shape index (κ2) is 13.0. The molecule has 0 bridgehead atoms. The fraction of sp³-hybridized carbons (Fsp3) is 0.938. The minimum Gasteiger partial charge on any atom is -0.0849 e. The Morgan fingerprint density at radius 2 is 0.875 bits per heavy atom. The summed E-state index contributed by atoms with van der Waals surface area (Å²) in [5.41, 5.74) is 0. The van der Waals surface area contributed by atoms with Gasteiger partial charge in [0.05, 0.1) is 0 Å². The van der Waals surface area contributed by atoms with E-state index in [0.29, 0.717) is 0 Å². The van der Waals surface area contributed by atoms with Crippen LogP contribution in [0.25, 0.3) is 0 Å². The maximum atomic E-state index is 2.72. The average Bonchev–Trinajstić information content (AvgIpc) is 2.86. The van der Waals surface area contributed by atoms with E-state index < -0.39 is 0 Å². The molecule has 0 aliphatic heterocycles. The minimum atomic E-state index is 0.928. The molecule has 4 aliphatic carbocycles. The van der Waals surface area contributed by atoms with Gasteiger partial charge in [-0.1, -0.05) is 90.2 Å². The Labute approximate surface area is 201 Å². The highest BCUT2D eigenvalue weighted by molar-refractivity contribution is 5.03. The van der Waals surface area contributed by atoms with Gasteiger partial charge in [0.1, 0.15) is 0 Å². The monoisotopic (exact) mass is 440 g/mol. The van der Waals surface area contributed by atoms with Crippen LogP contribution in [0.4, 0.5) is 0 Å². The van der Waals surface area contributed by atoms with Gasteiger partial charge in [0, 0.05) is 0 Å². The molecule has 0 aromatic rings. The third-order valence-electron chi connectivity index (χ3n) is 10.8. The van der Waals surface area contributed by atoms with Gasteiger partial charge in [0.15, 0.2) is 0 Å². The number of hydrogen-bond acceptors (Lipinski definition) is 0. The quantitative estimate of drug-likeness (QED) is 0.247. The SMILES string of the molecule is CCCCCC1CCC(C2CCC(C3C=CC(C4CCC(CCC)CC4)CC3)CC2)CC1. The molecule has 32 heavy (non-hydrogen) atoms. The zero-order valence-corrected chi connectivity index (χ0v) is 21.9. The molecule has 0 N–H and O–H groups in total. The molecule has 184 valence electrons. The highest BCUT2D eigenvalue weighted by atomic mass is 14.4. The van der Waals surface area contributed by atoms with Crippen molar-refractivity contribution in [3.8, 4) is 0 Å². The van der Waals surface area contributed by atoms with Crippen LogP contribution in [0, 0.1) is 47.3 Å². The second-order valence-corrected chi connectivity index (χ2v) is 12.8. The van der Waals surface area contributed by atoms with Gasteiger partial charge in [-0.3, -0.25) is 0 Å². The smallest absolute Gasteiger partial charge is 0.0205 e. The lowest BCUT2D eigenvalue weighted by Crippen LogP contribution is -2.29. The maximum absolute atomic E-state index is 2.72. The fourth-order valence-corrected chi connectivity index (χ4v) is 8.64. The summed E-state index contributed by atoms with van der Waals surface area (Å²) in [6.07, 6.45) is 35.7. The van der Waals surface area contributed by atoms with Crippen LogP contribution >= 0.6 is 0 Å². The van der Waals surface area contributed by atoms with Crippen LogP contribution in [0.5, 0.6) is 0 Å². The summed E-state index contributed by atoms with van der Waals surface area (Å²) in [5.74, 6) is 8.21. The van der Waals surface area contributed by atoms with Crippen molar-refractivity contribution in [2.24, 2.45) is 47.3 Å². The summed E-state index contributed by atoms with van der Waals surface area (Å²) in [6, 6.07) is 0. The first-order valence-electron chi connectivity index (χ1n) is 15.4. The van der Waals surface area contributed by atoms with E-state index in [2.05, 4.69) is 26.0 Å². The van der Waals surface area contributed by atoms with Crippen LogP contribution in [0.15, 0.2) is 12.2 Å². The molecule has 2 unspecified atom stereocenters. The molecule has 0 heterocycles. The van der Waals surface area contributed by atoms with Crippen LogP contribution in [0.3, 0.4) is 0 Å². The van der Waals surface area contributed by atoms with E-state index in [-0.39, 0.29) is 0 Å². The van der Waals surface area contributed by atoms with Crippen molar-refractivity contribution in [3.63, 3.8) is 0 Å². The first-order chi connectivity index (χ1) is 15.8. The van der Waals surface area contributed by atoms with Crippen molar-refractivity contribution in [1.29, 1.82) is 0 Å². The van der Waals surface area contributed by atoms with E-state index >= 15 is 0 Å². The van der Waals surface area contributed by atoms with Crippen molar-refractivity contribution in [2.75, 3.05) is 0 Å². The maximum Gasteiger partial charge on any atom is -0.0205 e. The summed E-state index contributed by atoms with van der Waals surface area (Å²) >= 11 is 0. The number of unbranched alkanes of at least 4 members (excludes halogenated alkanes) is 2. The van der Waals surface area contributed by atoms with Crippen LogP contribution in [0.1, 0.15) is 142 Å². The van der Waals surface area contributed by atoms with Crippen LogP contribution in [-0.4, -0.2) is 0 Å². The Kier molecular flexibility index (Phi) is 10.1. The molecule has 0 amide bonds. The Hall–Kier alpha value is -0.260. The first kappa shape index (κ1) is 24.9. The third kappa shape index (κ3) is 6.88. The lowest BCUT2D eigenvalue weighted by molar-refractivity contribution is 0.124. The Morgan fingerprint density at radius 1 is 0.438 bits per heavy atom. The normalized spacial score (nSPS) is 40.9. The Bertz CT molecular complexity index is 522. The lowest BCUT2D eigenvalue weighted by atomic mass is 9.65. The van der Waals surface area contributed by atoms with Crippen molar-refractivity contribution >= 4 is 0 Å². The molecular formula is C32H56. The zero-order chi connectivity index (χ0) is 22.2. The summed E-state index contributed by atoms with van der Waals surface area (Å²) in [4.78, 5) is 0. The number of hydrogen-bond donors (Lipinski definition) is 0. The second-order valence-electron chi connectivity index (χ2n) is 12.8. The van der Waals surface area contributed by atoms with E-state index in [1.54, 1.807) is 51.4 Å². The highest BCUT2D eigenvalue weighted by Crippen LogP contribution is 2.46. The van der Waals surface area contributed by atoms with Crippen molar-refractivity contribution < 1.29 is 0 Å². The van der Waals surface area contributed by atoms with Gasteiger partial charge in [-0.05, 0) is 112 Å². The summed E-state index contributed by atoms with van der Waals surface area (Å²) in [7, 11) is 0. The summed E-state index contributed by atoms with van der Waals surface area (Å²) in [6.45, 7) is 4.71. The minimum absolute atomic E-state index is 0.928. The molecule has 3 saturated carbocycles. The molecule has 0 aromatic carbocycles. The van der Waals surface area contributed by atoms with Gasteiger partial charge in [0.2, 0.25) is 0 Å². The van der Waals surface area contributed by atoms with Gasteiger partial charge in [-0.25, -0.2) is 0 Å². The molecule has 0 aromatic heterocycles. The van der Waals surface area contributed by atoms with Crippen molar-refractivity contribution in [2.45, 2.75) is 142 Å². The van der Waals surface area contributed by atoms with Gasteiger partial charge in [0.25, 0.3) is 0 Å². The van der Waals surface area contributed by atoms with E-state index in [9.17, 15) is 0 Å². The molecule has 4 aliphatic rings. The molecule has 0 heteroatoms. The molecule has 2 atom stereocenters.